The number of hydrogen-bond acceptors (Lipinski definition) is 8. The van der Waals surface area contributed by atoms with E-state index in [4.69, 9.17) is 0 Å². The Kier molecular flexibility index (Phi) is 4.84. The van der Waals surface area contributed by atoms with Crippen LogP contribution in [0.2, 0.25) is 0 Å². The van der Waals surface area contributed by atoms with Gasteiger partial charge >= 0.3 is 0 Å². The van der Waals surface area contributed by atoms with Crippen LogP contribution < -0.4 is 5.32 Å². The van der Waals surface area contributed by atoms with E-state index in [1.165, 1.54) is 45.7 Å². The first-order valence-corrected chi connectivity index (χ1v) is 10.3. The molecule has 0 aliphatic rings. The summed E-state index contributed by atoms with van der Waals surface area (Å²) >= 11 is 4.65. The van der Waals surface area contributed by atoms with Crippen molar-refractivity contribution in [3.8, 4) is 0 Å². The third-order valence-electron chi connectivity index (χ3n) is 3.88. The van der Waals surface area contributed by atoms with E-state index in [1.807, 2.05) is 0 Å². The summed E-state index contributed by atoms with van der Waals surface area (Å²) in [6, 6.07) is 6.39. The quantitative estimate of drug-likeness (QED) is 0.470. The summed E-state index contributed by atoms with van der Waals surface area (Å²) in [5, 5.41) is 14.3. The molecule has 0 unspecified atom stereocenters. The number of halogens is 1. The first-order valence-electron chi connectivity index (χ1n) is 7.80. The Hall–Kier alpha value is -2.10. The summed E-state index contributed by atoms with van der Waals surface area (Å²) in [6.45, 7) is 4.76. The predicted molar refractivity (Wildman–Crippen MR) is 105 cm³/mol. The molecule has 0 fully saturated rings. The van der Waals surface area contributed by atoms with Crippen molar-refractivity contribution in [1.82, 2.24) is 20.2 Å². The number of thiophene rings is 1. The van der Waals surface area contributed by atoms with E-state index in [0.717, 1.165) is 30.3 Å². The van der Waals surface area contributed by atoms with Gasteiger partial charge in [0.2, 0.25) is 5.13 Å². The molecule has 26 heavy (non-hydrogen) atoms. The normalized spacial score (nSPS) is 11.2. The molecular formula is C17H14FN5S3. The Labute approximate surface area is 161 Å². The zero-order chi connectivity index (χ0) is 18.1. The molecule has 0 aliphatic heterocycles. The van der Waals surface area contributed by atoms with Crippen molar-refractivity contribution in [2.24, 2.45) is 0 Å². The second-order valence-electron chi connectivity index (χ2n) is 5.60. The fourth-order valence-electron chi connectivity index (χ4n) is 2.41. The maximum Gasteiger partial charge on any atom is 0.206 e. The number of nitrogens with zero attached hydrogens (tertiary/aromatic N) is 4. The van der Waals surface area contributed by atoms with Crippen LogP contribution in [0.3, 0.4) is 0 Å². The molecule has 0 amide bonds. The van der Waals surface area contributed by atoms with Gasteiger partial charge in [-0.25, -0.2) is 14.4 Å². The van der Waals surface area contributed by atoms with Crippen LogP contribution >= 0.6 is 34.4 Å². The Balaban J connectivity index is 1.49. The molecule has 3 heterocycles. The van der Waals surface area contributed by atoms with E-state index in [9.17, 15) is 4.39 Å². The van der Waals surface area contributed by atoms with E-state index in [2.05, 4.69) is 39.3 Å². The standard InChI is InChI=1S/C17H14FN5S3/c1-9-10(2)24-14-13(9)15(21-8-20-14)25-17-23-22-16(26-17)19-7-11-3-5-12(18)6-4-11/h3-6,8H,7H2,1-2H3,(H,19,22). The van der Waals surface area contributed by atoms with Crippen molar-refractivity contribution in [2.75, 3.05) is 5.32 Å². The molecule has 4 aromatic rings. The molecule has 0 saturated heterocycles. The number of fused-ring (bicyclic) bond motifs is 1. The third kappa shape index (κ3) is 3.55. The molecule has 0 saturated carbocycles. The molecule has 4 rings (SSSR count). The van der Waals surface area contributed by atoms with Gasteiger partial charge in [0.25, 0.3) is 0 Å². The first kappa shape index (κ1) is 17.3. The molecule has 3 aromatic heterocycles. The zero-order valence-electron chi connectivity index (χ0n) is 14.0. The summed E-state index contributed by atoms with van der Waals surface area (Å²) < 4.78 is 13.8. The lowest BCUT2D eigenvalue weighted by Gasteiger charge is -2.01. The van der Waals surface area contributed by atoms with Gasteiger partial charge < -0.3 is 5.32 Å². The van der Waals surface area contributed by atoms with Gasteiger partial charge in [0.15, 0.2) is 4.34 Å². The average Bonchev–Trinajstić information content (AvgIpc) is 3.20. The highest BCUT2D eigenvalue weighted by Crippen LogP contribution is 2.38. The smallest absolute Gasteiger partial charge is 0.206 e. The van der Waals surface area contributed by atoms with Gasteiger partial charge in [0, 0.05) is 16.8 Å². The van der Waals surface area contributed by atoms with Crippen LogP contribution in [0, 0.1) is 19.7 Å². The minimum Gasteiger partial charge on any atom is -0.356 e. The van der Waals surface area contributed by atoms with Crippen molar-refractivity contribution in [2.45, 2.75) is 29.8 Å². The van der Waals surface area contributed by atoms with Gasteiger partial charge in [0.05, 0.1) is 0 Å². The topological polar surface area (TPSA) is 63.6 Å². The van der Waals surface area contributed by atoms with Crippen LogP contribution in [-0.4, -0.2) is 20.2 Å². The molecule has 0 spiro atoms. The number of nitrogens with one attached hydrogen (secondary N) is 1. The highest BCUT2D eigenvalue weighted by molar-refractivity contribution is 8.01. The van der Waals surface area contributed by atoms with E-state index in [1.54, 1.807) is 29.8 Å². The number of rotatable bonds is 5. The Morgan fingerprint density at radius 2 is 1.88 bits per heavy atom. The van der Waals surface area contributed by atoms with E-state index in [-0.39, 0.29) is 5.82 Å². The number of benzene rings is 1. The van der Waals surface area contributed by atoms with Crippen LogP contribution in [-0.2, 0) is 6.54 Å². The van der Waals surface area contributed by atoms with Crippen molar-refractivity contribution < 1.29 is 4.39 Å². The molecule has 1 N–H and O–H groups in total. The van der Waals surface area contributed by atoms with Crippen molar-refractivity contribution in [1.29, 1.82) is 0 Å². The summed E-state index contributed by atoms with van der Waals surface area (Å²) in [6.07, 6.45) is 1.59. The highest BCUT2D eigenvalue weighted by atomic mass is 32.2. The fraction of sp³-hybridized carbons (Fsp3) is 0.176. The van der Waals surface area contributed by atoms with Gasteiger partial charge in [-0.2, -0.15) is 0 Å². The molecule has 1 aromatic carbocycles. The van der Waals surface area contributed by atoms with Gasteiger partial charge in [-0.3, -0.25) is 0 Å². The molecule has 9 heteroatoms. The van der Waals surface area contributed by atoms with Gasteiger partial charge in [-0.05, 0) is 48.9 Å². The highest BCUT2D eigenvalue weighted by Gasteiger charge is 2.15. The maximum atomic E-state index is 12.9. The SMILES string of the molecule is Cc1sc2ncnc(Sc3nnc(NCc4ccc(F)cc4)s3)c2c1C. The van der Waals surface area contributed by atoms with Crippen LogP contribution in [0.1, 0.15) is 16.0 Å². The second-order valence-corrected chi connectivity index (χ2v) is 9.01. The number of aryl methyl sites for hydroxylation is 2. The lowest BCUT2D eigenvalue weighted by molar-refractivity contribution is 0.627. The first-order chi connectivity index (χ1) is 12.6. The van der Waals surface area contributed by atoms with Gasteiger partial charge in [0.1, 0.15) is 22.0 Å². The summed E-state index contributed by atoms with van der Waals surface area (Å²) in [5.74, 6) is -0.238. The lowest BCUT2D eigenvalue weighted by atomic mass is 10.2. The number of hydrogen-bond donors (Lipinski definition) is 1. The van der Waals surface area contributed by atoms with Crippen LogP contribution in [0.25, 0.3) is 10.2 Å². The predicted octanol–water partition coefficient (Wildman–Crippen LogP) is 5.06. The Morgan fingerprint density at radius 3 is 2.69 bits per heavy atom. The second kappa shape index (κ2) is 7.26. The maximum absolute atomic E-state index is 12.9. The number of aromatic nitrogens is 4. The lowest BCUT2D eigenvalue weighted by Crippen LogP contribution is -1.98. The van der Waals surface area contributed by atoms with E-state index < -0.39 is 0 Å². The fourth-order valence-corrected chi connectivity index (χ4v) is 5.29. The number of anilines is 1. The Morgan fingerprint density at radius 1 is 1.08 bits per heavy atom. The molecular weight excluding hydrogens is 389 g/mol. The minimum atomic E-state index is -0.238. The van der Waals surface area contributed by atoms with Crippen molar-refractivity contribution >= 4 is 49.8 Å². The summed E-state index contributed by atoms with van der Waals surface area (Å²) in [4.78, 5) is 11.0. The molecule has 0 bridgehead atoms. The minimum absolute atomic E-state index is 0.238. The van der Waals surface area contributed by atoms with Crippen molar-refractivity contribution in [3.05, 3.63) is 52.4 Å². The molecule has 5 nitrogen and oxygen atoms in total. The Bertz CT molecular complexity index is 1060. The molecule has 0 atom stereocenters. The summed E-state index contributed by atoms with van der Waals surface area (Å²) in [7, 11) is 0. The zero-order valence-corrected chi connectivity index (χ0v) is 16.4. The molecule has 132 valence electrons. The molecule has 0 aliphatic carbocycles. The van der Waals surface area contributed by atoms with E-state index in [0.29, 0.717) is 6.54 Å². The summed E-state index contributed by atoms with van der Waals surface area (Å²) in [5.41, 5.74) is 2.20. The van der Waals surface area contributed by atoms with Crippen molar-refractivity contribution in [3.63, 3.8) is 0 Å². The monoisotopic (exact) mass is 403 g/mol. The van der Waals surface area contributed by atoms with Gasteiger partial charge in [-0.15, -0.1) is 21.5 Å². The third-order valence-corrected chi connectivity index (χ3v) is 6.93. The van der Waals surface area contributed by atoms with Crippen LogP contribution in [0.4, 0.5) is 9.52 Å². The van der Waals surface area contributed by atoms with Crippen LogP contribution in [0.15, 0.2) is 40.0 Å². The van der Waals surface area contributed by atoms with Gasteiger partial charge in [-0.1, -0.05) is 23.5 Å². The average molecular weight is 404 g/mol. The van der Waals surface area contributed by atoms with Crippen LogP contribution in [0.5, 0.6) is 0 Å². The molecule has 0 radical (unpaired) electrons. The van der Waals surface area contributed by atoms with E-state index >= 15 is 0 Å². The largest absolute Gasteiger partial charge is 0.356 e.